The summed E-state index contributed by atoms with van der Waals surface area (Å²) in [4.78, 5) is 2.57. The Bertz CT molecular complexity index is 524. The highest BCUT2D eigenvalue weighted by Crippen LogP contribution is 2.33. The number of nitrogens with zero attached hydrogens (tertiary/aromatic N) is 1. The number of anilines is 1. The number of aryl methyl sites for hydroxylation is 1. The summed E-state index contributed by atoms with van der Waals surface area (Å²) in [5, 5.41) is 2.79. The molecule has 2 aromatic rings. The maximum Gasteiger partial charge on any atom is 0.0478 e. The van der Waals surface area contributed by atoms with Crippen LogP contribution in [0.5, 0.6) is 0 Å². The van der Waals surface area contributed by atoms with Crippen molar-refractivity contribution in [2.45, 2.75) is 26.2 Å². The molecular formula is C16H19N. The van der Waals surface area contributed by atoms with Crippen LogP contribution in [0.3, 0.4) is 0 Å². The van der Waals surface area contributed by atoms with Gasteiger partial charge >= 0.3 is 0 Å². The van der Waals surface area contributed by atoms with Crippen molar-refractivity contribution in [2.75, 3.05) is 18.0 Å². The lowest BCUT2D eigenvalue weighted by Crippen LogP contribution is -2.19. The molecule has 88 valence electrons. The van der Waals surface area contributed by atoms with Crippen molar-refractivity contribution in [2.24, 2.45) is 0 Å². The number of fused-ring (bicyclic) bond motifs is 1. The van der Waals surface area contributed by atoms with Crippen LogP contribution in [0.15, 0.2) is 36.4 Å². The van der Waals surface area contributed by atoms with Crippen LogP contribution in [-0.2, 0) is 6.42 Å². The summed E-state index contributed by atoms with van der Waals surface area (Å²) in [6, 6.07) is 13.3. The summed E-state index contributed by atoms with van der Waals surface area (Å²) in [6.07, 6.45) is 3.80. The molecule has 2 aromatic carbocycles. The average molecular weight is 225 g/mol. The van der Waals surface area contributed by atoms with E-state index in [2.05, 4.69) is 48.2 Å². The third-order valence-electron chi connectivity index (χ3n) is 3.79. The molecule has 1 heteroatoms. The molecule has 0 N–H and O–H groups in total. The van der Waals surface area contributed by atoms with E-state index in [0.717, 1.165) is 6.42 Å². The molecule has 1 aliphatic heterocycles. The number of benzene rings is 2. The number of rotatable bonds is 2. The zero-order chi connectivity index (χ0) is 11.7. The first kappa shape index (κ1) is 10.6. The smallest absolute Gasteiger partial charge is 0.0478 e. The molecule has 1 heterocycles. The highest BCUT2D eigenvalue weighted by molar-refractivity contribution is 5.96. The first-order valence-electron chi connectivity index (χ1n) is 6.65. The monoisotopic (exact) mass is 225 g/mol. The fraction of sp³-hybridized carbons (Fsp3) is 0.375. The van der Waals surface area contributed by atoms with Crippen LogP contribution in [0, 0.1) is 0 Å². The van der Waals surface area contributed by atoms with Gasteiger partial charge in [-0.05, 0) is 30.2 Å². The largest absolute Gasteiger partial charge is 0.371 e. The molecule has 0 saturated carbocycles. The zero-order valence-corrected chi connectivity index (χ0v) is 10.4. The second kappa shape index (κ2) is 4.40. The van der Waals surface area contributed by atoms with Gasteiger partial charge in [-0.2, -0.15) is 0 Å². The Balaban J connectivity index is 2.23. The molecule has 3 rings (SSSR count). The molecule has 0 bridgehead atoms. The quantitative estimate of drug-likeness (QED) is 0.746. The van der Waals surface area contributed by atoms with Gasteiger partial charge in [-0.15, -0.1) is 0 Å². The van der Waals surface area contributed by atoms with Gasteiger partial charge in [0, 0.05) is 24.2 Å². The predicted molar refractivity (Wildman–Crippen MR) is 74.8 cm³/mol. The lowest BCUT2D eigenvalue weighted by molar-refractivity contribution is 0.949. The van der Waals surface area contributed by atoms with E-state index < -0.39 is 0 Å². The van der Waals surface area contributed by atoms with Crippen molar-refractivity contribution in [1.29, 1.82) is 0 Å². The second-order valence-corrected chi connectivity index (χ2v) is 4.84. The number of hydrogen-bond donors (Lipinski definition) is 0. The molecule has 0 radical (unpaired) electrons. The zero-order valence-electron chi connectivity index (χ0n) is 10.4. The van der Waals surface area contributed by atoms with Crippen molar-refractivity contribution in [1.82, 2.24) is 0 Å². The van der Waals surface area contributed by atoms with Crippen molar-refractivity contribution in [3.8, 4) is 0 Å². The molecule has 0 atom stereocenters. The van der Waals surface area contributed by atoms with E-state index >= 15 is 0 Å². The van der Waals surface area contributed by atoms with E-state index in [0.29, 0.717) is 0 Å². The van der Waals surface area contributed by atoms with Gasteiger partial charge in [-0.3, -0.25) is 0 Å². The molecule has 0 spiro atoms. The van der Waals surface area contributed by atoms with E-state index in [9.17, 15) is 0 Å². The first-order chi connectivity index (χ1) is 8.40. The summed E-state index contributed by atoms with van der Waals surface area (Å²) in [7, 11) is 0. The minimum Gasteiger partial charge on any atom is -0.371 e. The molecular weight excluding hydrogens is 206 g/mol. The van der Waals surface area contributed by atoms with Gasteiger partial charge in [0.15, 0.2) is 0 Å². The molecule has 1 nitrogen and oxygen atoms in total. The molecule has 0 aliphatic carbocycles. The summed E-state index contributed by atoms with van der Waals surface area (Å²) in [6.45, 7) is 4.70. The van der Waals surface area contributed by atoms with Crippen LogP contribution >= 0.6 is 0 Å². The summed E-state index contributed by atoms with van der Waals surface area (Å²) in [5.74, 6) is 0. The van der Waals surface area contributed by atoms with Gasteiger partial charge in [-0.1, -0.05) is 43.3 Å². The highest BCUT2D eigenvalue weighted by atomic mass is 15.1. The summed E-state index contributed by atoms with van der Waals surface area (Å²) >= 11 is 0. The van der Waals surface area contributed by atoms with Gasteiger partial charge in [0.1, 0.15) is 0 Å². The van der Waals surface area contributed by atoms with Crippen LogP contribution < -0.4 is 4.90 Å². The van der Waals surface area contributed by atoms with Gasteiger partial charge in [0.05, 0.1) is 0 Å². The van der Waals surface area contributed by atoms with Crippen molar-refractivity contribution < 1.29 is 0 Å². The SMILES string of the molecule is CCc1ccc2ccccc2c1N1CCCC1. The van der Waals surface area contributed by atoms with Gasteiger partial charge in [-0.25, -0.2) is 0 Å². The molecule has 0 aromatic heterocycles. The Morgan fingerprint density at radius 3 is 2.53 bits per heavy atom. The minimum atomic E-state index is 1.12. The van der Waals surface area contributed by atoms with E-state index in [-0.39, 0.29) is 0 Å². The highest BCUT2D eigenvalue weighted by Gasteiger charge is 2.17. The van der Waals surface area contributed by atoms with E-state index in [1.54, 1.807) is 0 Å². The maximum absolute atomic E-state index is 2.57. The van der Waals surface area contributed by atoms with Gasteiger partial charge in [0.2, 0.25) is 0 Å². The topological polar surface area (TPSA) is 3.24 Å². The molecule has 1 saturated heterocycles. The van der Waals surface area contributed by atoms with Crippen LogP contribution in [-0.4, -0.2) is 13.1 Å². The summed E-state index contributed by atoms with van der Waals surface area (Å²) < 4.78 is 0. The van der Waals surface area contributed by atoms with Crippen LogP contribution in [0.1, 0.15) is 25.3 Å². The van der Waals surface area contributed by atoms with Crippen LogP contribution in [0.4, 0.5) is 5.69 Å². The van der Waals surface area contributed by atoms with Crippen molar-refractivity contribution in [3.05, 3.63) is 42.0 Å². The van der Waals surface area contributed by atoms with E-state index in [4.69, 9.17) is 0 Å². The normalized spacial score (nSPS) is 15.7. The fourth-order valence-corrected chi connectivity index (χ4v) is 2.90. The summed E-state index contributed by atoms with van der Waals surface area (Å²) in [5.41, 5.74) is 2.98. The predicted octanol–water partition coefficient (Wildman–Crippen LogP) is 4.00. The van der Waals surface area contributed by atoms with E-state index in [1.165, 1.54) is 48.0 Å². The van der Waals surface area contributed by atoms with Crippen molar-refractivity contribution in [3.63, 3.8) is 0 Å². The van der Waals surface area contributed by atoms with Crippen LogP contribution in [0.2, 0.25) is 0 Å². The lowest BCUT2D eigenvalue weighted by Gasteiger charge is -2.23. The Hall–Kier alpha value is -1.50. The maximum atomic E-state index is 2.57. The Labute approximate surface area is 103 Å². The Morgan fingerprint density at radius 1 is 1.00 bits per heavy atom. The fourth-order valence-electron chi connectivity index (χ4n) is 2.90. The molecule has 17 heavy (non-hydrogen) atoms. The first-order valence-corrected chi connectivity index (χ1v) is 6.65. The standard InChI is InChI=1S/C16H19N/c1-2-13-9-10-14-7-3-4-8-15(14)16(13)17-11-5-6-12-17/h3-4,7-10H,2,5-6,11-12H2,1H3. The molecule has 0 amide bonds. The molecule has 0 unspecified atom stereocenters. The van der Waals surface area contributed by atoms with E-state index in [1.807, 2.05) is 0 Å². The minimum absolute atomic E-state index is 1.12. The molecule has 1 aliphatic rings. The third-order valence-corrected chi connectivity index (χ3v) is 3.79. The third kappa shape index (κ3) is 1.80. The van der Waals surface area contributed by atoms with Crippen molar-refractivity contribution >= 4 is 16.5 Å². The van der Waals surface area contributed by atoms with Gasteiger partial charge in [0.25, 0.3) is 0 Å². The van der Waals surface area contributed by atoms with Crippen LogP contribution in [0.25, 0.3) is 10.8 Å². The van der Waals surface area contributed by atoms with Gasteiger partial charge < -0.3 is 4.90 Å². The molecule has 1 fully saturated rings. The Kier molecular flexibility index (Phi) is 2.76. The number of hydrogen-bond acceptors (Lipinski definition) is 1. The lowest BCUT2D eigenvalue weighted by atomic mass is 10.0. The second-order valence-electron chi connectivity index (χ2n) is 4.84. The average Bonchev–Trinajstić information content (AvgIpc) is 2.91. The Morgan fingerprint density at radius 2 is 1.76 bits per heavy atom.